The lowest BCUT2D eigenvalue weighted by molar-refractivity contribution is -0.139. The molecule has 0 aliphatic carbocycles. The number of carboxylic acids is 1. The van der Waals surface area contributed by atoms with Gasteiger partial charge in [-0.25, -0.2) is 18.9 Å². The Kier molecular flexibility index (Phi) is 6.51. The lowest BCUT2D eigenvalue weighted by Gasteiger charge is -2.26. The first-order valence-electron chi connectivity index (χ1n) is 8.18. The molecule has 0 saturated carbocycles. The van der Waals surface area contributed by atoms with E-state index in [0.29, 0.717) is 19.4 Å². The average molecular weight is 589 g/mol. The highest BCUT2D eigenvalue weighted by molar-refractivity contribution is 14.1. The van der Waals surface area contributed by atoms with Gasteiger partial charge in [-0.05, 0) is 86.6 Å². The third-order valence-electron chi connectivity index (χ3n) is 3.86. The number of hydrogen-bond acceptors (Lipinski definition) is 5. The maximum absolute atomic E-state index is 13.2. The quantitative estimate of drug-likeness (QED) is 0.315. The topological polar surface area (TPSA) is 113 Å². The van der Waals surface area contributed by atoms with Gasteiger partial charge in [-0.1, -0.05) is 0 Å². The molecule has 1 heterocycles. The van der Waals surface area contributed by atoms with Crippen LogP contribution in [0.1, 0.15) is 5.56 Å². The zero-order valence-corrected chi connectivity index (χ0v) is 18.6. The molecular weight excluding hydrogens is 578 g/mol. The molecule has 1 aliphatic rings. The van der Waals surface area contributed by atoms with E-state index in [0.717, 1.165) is 17.0 Å². The van der Waals surface area contributed by atoms with Crippen LogP contribution in [0.4, 0.5) is 14.9 Å². The summed E-state index contributed by atoms with van der Waals surface area (Å²) in [5.41, 5.74) is 0.229. The molecule has 1 fully saturated rings. The van der Waals surface area contributed by atoms with Crippen LogP contribution in [0.5, 0.6) is 5.75 Å². The van der Waals surface area contributed by atoms with Gasteiger partial charge in [0.2, 0.25) is 0 Å². The van der Waals surface area contributed by atoms with E-state index in [9.17, 15) is 23.6 Å². The van der Waals surface area contributed by atoms with E-state index in [-0.39, 0.29) is 11.3 Å². The number of carboxylic acid groups (broad SMARTS) is 1. The minimum Gasteiger partial charge on any atom is -0.480 e. The van der Waals surface area contributed by atoms with Crippen molar-refractivity contribution in [3.8, 4) is 5.75 Å². The van der Waals surface area contributed by atoms with Gasteiger partial charge < -0.3 is 9.84 Å². The summed E-state index contributed by atoms with van der Waals surface area (Å²) >= 11 is 5.19. The number of urea groups is 1. The number of rotatable bonds is 5. The van der Waals surface area contributed by atoms with Crippen LogP contribution in [0, 0.1) is 9.39 Å². The Hall–Kier alpha value is -2.80. The van der Waals surface area contributed by atoms with E-state index in [1.165, 1.54) is 24.3 Å². The monoisotopic (exact) mass is 588 g/mol. The van der Waals surface area contributed by atoms with Gasteiger partial charge in [0.05, 0.1) is 13.7 Å². The first kappa shape index (κ1) is 21.9. The van der Waals surface area contributed by atoms with Crippen LogP contribution >= 0.6 is 38.5 Å². The summed E-state index contributed by atoms with van der Waals surface area (Å²) in [6.07, 6.45) is 1.29. The van der Waals surface area contributed by atoms with Crippen molar-refractivity contribution in [1.29, 1.82) is 0 Å². The molecule has 1 aliphatic heterocycles. The molecular formula is C19H11BrFIN2O6. The number of carbonyl (C=O) groups excluding carboxylic acids is 3. The van der Waals surface area contributed by atoms with Gasteiger partial charge in [-0.15, -0.1) is 0 Å². The Morgan fingerprint density at radius 3 is 2.50 bits per heavy atom. The fourth-order valence-corrected chi connectivity index (χ4v) is 4.35. The molecule has 1 saturated heterocycles. The third kappa shape index (κ3) is 4.67. The number of nitrogens with one attached hydrogen (secondary N) is 1. The van der Waals surface area contributed by atoms with Crippen LogP contribution < -0.4 is 15.0 Å². The molecule has 4 amide bonds. The summed E-state index contributed by atoms with van der Waals surface area (Å²) in [7, 11) is 0. The Bertz CT molecular complexity index is 1080. The highest BCUT2D eigenvalue weighted by Gasteiger charge is 2.36. The van der Waals surface area contributed by atoms with Gasteiger partial charge >= 0.3 is 12.0 Å². The van der Waals surface area contributed by atoms with Crippen molar-refractivity contribution in [3.63, 3.8) is 0 Å². The second kappa shape index (κ2) is 8.92. The van der Waals surface area contributed by atoms with Crippen LogP contribution in [0.15, 0.2) is 46.4 Å². The minimum absolute atomic E-state index is 0.102. The Morgan fingerprint density at radius 2 is 1.90 bits per heavy atom. The number of aliphatic carboxylic acids is 1. The molecule has 0 bridgehead atoms. The Labute approximate surface area is 191 Å². The molecule has 2 aromatic carbocycles. The number of carbonyl (C=O) groups is 4. The lowest BCUT2D eigenvalue weighted by Crippen LogP contribution is -2.54. The summed E-state index contributed by atoms with van der Waals surface area (Å²) in [6.45, 7) is -0.537. The van der Waals surface area contributed by atoms with Crippen LogP contribution in [-0.2, 0) is 14.4 Å². The summed E-state index contributed by atoms with van der Waals surface area (Å²) in [5.74, 6) is -3.13. The standard InChI is InChI=1S/C19H11BrFIN2O6/c20-13-6-9(7-14(22)16(13)30-8-15(25)26)5-12-17(27)23-19(29)24(18(12)28)11-3-1-10(21)2-4-11/h1-7H,8H2,(H,25,26)(H,23,27,29)/b12-5+. The third-order valence-corrected chi connectivity index (χ3v) is 5.25. The number of hydrogen-bond donors (Lipinski definition) is 2. The minimum atomic E-state index is -1.14. The van der Waals surface area contributed by atoms with Crippen molar-refractivity contribution in [2.75, 3.05) is 11.5 Å². The van der Waals surface area contributed by atoms with Crippen LogP contribution in [0.25, 0.3) is 6.08 Å². The van der Waals surface area contributed by atoms with Crippen molar-refractivity contribution >= 4 is 74.1 Å². The maximum Gasteiger partial charge on any atom is 0.341 e. The van der Waals surface area contributed by atoms with Crippen molar-refractivity contribution in [2.24, 2.45) is 0 Å². The number of imide groups is 2. The predicted octanol–water partition coefficient (Wildman–Crippen LogP) is 3.32. The van der Waals surface area contributed by atoms with Crippen molar-refractivity contribution in [1.82, 2.24) is 5.32 Å². The normalized spacial score (nSPS) is 15.4. The summed E-state index contributed by atoms with van der Waals surface area (Å²) in [6, 6.07) is 6.83. The fraction of sp³-hybridized carbons (Fsp3) is 0.0526. The first-order chi connectivity index (χ1) is 14.2. The molecule has 0 atom stereocenters. The maximum atomic E-state index is 13.2. The number of halogens is 3. The van der Waals surface area contributed by atoms with Crippen LogP contribution in [-0.4, -0.2) is 35.5 Å². The highest BCUT2D eigenvalue weighted by Crippen LogP contribution is 2.33. The summed E-state index contributed by atoms with van der Waals surface area (Å²) in [4.78, 5) is 48.7. The molecule has 154 valence electrons. The van der Waals surface area contributed by atoms with E-state index in [2.05, 4.69) is 21.2 Å². The molecule has 0 aromatic heterocycles. The molecule has 0 spiro atoms. The van der Waals surface area contributed by atoms with Crippen LogP contribution in [0.3, 0.4) is 0 Å². The second-order valence-corrected chi connectivity index (χ2v) is 7.95. The van der Waals surface area contributed by atoms with Gasteiger partial charge in [0, 0.05) is 0 Å². The molecule has 0 unspecified atom stereocenters. The summed E-state index contributed by atoms with van der Waals surface area (Å²) in [5, 5.41) is 10.8. The highest BCUT2D eigenvalue weighted by atomic mass is 127. The van der Waals surface area contributed by atoms with Crippen LogP contribution in [0.2, 0.25) is 0 Å². The molecule has 0 radical (unpaired) electrons. The largest absolute Gasteiger partial charge is 0.480 e. The van der Waals surface area contributed by atoms with Gasteiger partial charge in [0.15, 0.2) is 6.61 Å². The summed E-state index contributed by atoms with van der Waals surface area (Å²) < 4.78 is 19.3. The van der Waals surface area contributed by atoms with Crippen molar-refractivity contribution in [2.45, 2.75) is 0 Å². The zero-order chi connectivity index (χ0) is 22.0. The number of benzene rings is 2. The molecule has 2 aromatic rings. The molecule has 30 heavy (non-hydrogen) atoms. The fourth-order valence-electron chi connectivity index (χ4n) is 2.58. The molecule has 2 N–H and O–H groups in total. The van der Waals surface area contributed by atoms with E-state index in [1.54, 1.807) is 6.07 Å². The molecule has 11 heteroatoms. The Morgan fingerprint density at radius 1 is 1.23 bits per heavy atom. The van der Waals surface area contributed by atoms with E-state index >= 15 is 0 Å². The average Bonchev–Trinajstić information content (AvgIpc) is 2.65. The zero-order valence-electron chi connectivity index (χ0n) is 14.8. The smallest absolute Gasteiger partial charge is 0.341 e. The Balaban J connectivity index is 1.96. The number of barbiturate groups is 1. The number of nitrogens with zero attached hydrogens (tertiary/aromatic N) is 1. The number of anilines is 1. The molecule has 3 rings (SSSR count). The second-order valence-electron chi connectivity index (χ2n) is 5.93. The van der Waals surface area contributed by atoms with Gasteiger partial charge in [0.25, 0.3) is 11.8 Å². The van der Waals surface area contributed by atoms with E-state index in [1.807, 2.05) is 22.6 Å². The van der Waals surface area contributed by atoms with E-state index < -0.39 is 36.2 Å². The predicted molar refractivity (Wildman–Crippen MR) is 115 cm³/mol. The molecule has 8 nitrogen and oxygen atoms in total. The van der Waals surface area contributed by atoms with Crippen molar-refractivity contribution in [3.05, 3.63) is 61.4 Å². The number of ether oxygens (including phenoxy) is 1. The number of amides is 4. The SMILES string of the molecule is O=C(O)COc1c(Br)cc(/C=C2\C(=O)NC(=O)N(c3ccc(F)cc3)C2=O)cc1I. The van der Waals surface area contributed by atoms with Gasteiger partial charge in [-0.2, -0.15) is 0 Å². The van der Waals surface area contributed by atoms with Gasteiger partial charge in [0.1, 0.15) is 17.1 Å². The van der Waals surface area contributed by atoms with Crippen molar-refractivity contribution < 1.29 is 33.4 Å². The van der Waals surface area contributed by atoms with E-state index in [4.69, 9.17) is 9.84 Å². The first-order valence-corrected chi connectivity index (χ1v) is 10.0. The lowest BCUT2D eigenvalue weighted by atomic mass is 10.1. The van der Waals surface area contributed by atoms with Gasteiger partial charge in [-0.3, -0.25) is 14.9 Å².